The predicted octanol–water partition coefficient (Wildman–Crippen LogP) is 3.16. The van der Waals surface area contributed by atoms with Crippen molar-refractivity contribution in [2.75, 3.05) is 18.5 Å². The van der Waals surface area contributed by atoms with Crippen molar-refractivity contribution in [3.8, 4) is 0 Å². The van der Waals surface area contributed by atoms with Gasteiger partial charge in [0.1, 0.15) is 5.76 Å². The molecule has 3 aliphatic heterocycles. The maximum Gasteiger partial charge on any atom is 0.256 e. The molecule has 2 unspecified atom stereocenters. The molecular formula is C24H23N3O3. The summed E-state index contributed by atoms with van der Waals surface area (Å²) in [7, 11) is 0. The van der Waals surface area contributed by atoms with Crippen LogP contribution in [0.15, 0.2) is 66.4 Å². The maximum absolute atomic E-state index is 12.6. The van der Waals surface area contributed by atoms with Crippen LogP contribution in [0.5, 0.6) is 0 Å². The number of allylic oxidation sites excluding steroid dienone is 1. The number of anilines is 1. The number of rotatable bonds is 4. The number of fused-ring (bicyclic) bond motifs is 1. The van der Waals surface area contributed by atoms with Gasteiger partial charge in [0.2, 0.25) is 0 Å². The summed E-state index contributed by atoms with van der Waals surface area (Å²) in [5.41, 5.74) is 3.97. The maximum atomic E-state index is 12.6. The van der Waals surface area contributed by atoms with Gasteiger partial charge in [0, 0.05) is 22.7 Å². The highest BCUT2D eigenvalue weighted by Gasteiger charge is 2.26. The molecule has 3 N–H and O–H groups in total. The van der Waals surface area contributed by atoms with Crippen LogP contribution in [0.25, 0.3) is 5.57 Å². The Morgan fingerprint density at radius 2 is 2.07 bits per heavy atom. The molecule has 2 aromatic rings. The Labute approximate surface area is 175 Å². The summed E-state index contributed by atoms with van der Waals surface area (Å²) < 4.78 is 5.85. The van der Waals surface area contributed by atoms with Gasteiger partial charge in [-0.15, -0.1) is 0 Å². The second-order valence-electron chi connectivity index (χ2n) is 7.79. The summed E-state index contributed by atoms with van der Waals surface area (Å²) in [6.45, 7) is 1.42. The van der Waals surface area contributed by atoms with Crippen LogP contribution in [0.2, 0.25) is 0 Å². The molecule has 2 amide bonds. The quantitative estimate of drug-likeness (QED) is 0.688. The van der Waals surface area contributed by atoms with Crippen molar-refractivity contribution in [3.63, 3.8) is 0 Å². The molecule has 0 bridgehead atoms. The second-order valence-corrected chi connectivity index (χ2v) is 7.79. The van der Waals surface area contributed by atoms with E-state index in [2.05, 4.69) is 16.0 Å². The first kappa shape index (κ1) is 18.6. The Morgan fingerprint density at radius 1 is 1.17 bits per heavy atom. The topological polar surface area (TPSA) is 79.5 Å². The third kappa shape index (κ3) is 3.62. The zero-order valence-electron chi connectivity index (χ0n) is 16.5. The minimum atomic E-state index is -0.122. The minimum absolute atomic E-state index is 0.0360. The van der Waals surface area contributed by atoms with E-state index in [1.54, 1.807) is 6.08 Å². The molecule has 1 fully saturated rings. The molecule has 0 radical (unpaired) electrons. The third-order valence-electron chi connectivity index (χ3n) is 5.73. The molecule has 30 heavy (non-hydrogen) atoms. The number of benzene rings is 2. The van der Waals surface area contributed by atoms with Crippen LogP contribution in [-0.2, 0) is 9.53 Å². The highest BCUT2D eigenvalue weighted by atomic mass is 16.5. The lowest BCUT2D eigenvalue weighted by Crippen LogP contribution is -2.41. The molecule has 3 aliphatic rings. The lowest BCUT2D eigenvalue weighted by atomic mass is 9.97. The predicted molar refractivity (Wildman–Crippen MR) is 115 cm³/mol. The van der Waals surface area contributed by atoms with Gasteiger partial charge < -0.3 is 15.4 Å². The van der Waals surface area contributed by atoms with Gasteiger partial charge in [-0.2, -0.15) is 0 Å². The van der Waals surface area contributed by atoms with E-state index in [9.17, 15) is 9.59 Å². The van der Waals surface area contributed by atoms with Crippen molar-refractivity contribution >= 4 is 23.1 Å². The van der Waals surface area contributed by atoms with Crippen molar-refractivity contribution in [1.82, 2.24) is 10.6 Å². The van der Waals surface area contributed by atoms with Gasteiger partial charge >= 0.3 is 0 Å². The number of hydrogen-bond donors (Lipinski definition) is 3. The number of nitrogens with one attached hydrogen (secondary N) is 3. The van der Waals surface area contributed by atoms with E-state index in [0.717, 1.165) is 36.2 Å². The fourth-order valence-corrected chi connectivity index (χ4v) is 4.15. The Bertz CT molecular complexity index is 1070. The fourth-order valence-electron chi connectivity index (χ4n) is 4.15. The highest BCUT2D eigenvalue weighted by Crippen LogP contribution is 2.34. The minimum Gasteiger partial charge on any atom is -0.493 e. The number of amides is 2. The average Bonchev–Trinajstić information content (AvgIpc) is 3.50. The van der Waals surface area contributed by atoms with Gasteiger partial charge in [0.05, 0.1) is 18.3 Å². The van der Waals surface area contributed by atoms with Crippen molar-refractivity contribution < 1.29 is 14.3 Å². The van der Waals surface area contributed by atoms with Crippen molar-refractivity contribution in [1.29, 1.82) is 0 Å². The van der Waals surface area contributed by atoms with Crippen LogP contribution in [0.1, 0.15) is 40.2 Å². The van der Waals surface area contributed by atoms with Gasteiger partial charge in [-0.3, -0.25) is 14.9 Å². The van der Waals surface area contributed by atoms with Crippen molar-refractivity contribution in [3.05, 3.63) is 83.1 Å². The summed E-state index contributed by atoms with van der Waals surface area (Å²) >= 11 is 0. The first-order valence-electron chi connectivity index (χ1n) is 10.3. The van der Waals surface area contributed by atoms with Gasteiger partial charge in [-0.05, 0) is 55.3 Å². The molecule has 3 heterocycles. The fraction of sp³-hybridized carbons (Fsp3) is 0.250. The SMILES string of the molecule is O=C1Nc2ccccc2/C1=C\C1=CC(c2cccc(C(=O)NC3CCCN3)c2)CO1. The van der Waals surface area contributed by atoms with Crippen LogP contribution in [-0.4, -0.2) is 31.1 Å². The number of carbonyl (C=O) groups is 2. The lowest BCUT2D eigenvalue weighted by molar-refractivity contribution is -0.110. The standard InChI is InChI=1S/C24H23N3O3/c28-23(27-22-9-4-10-25-22)16-6-3-5-15(11-16)17-12-18(30-14-17)13-20-19-7-1-2-8-21(19)26-24(20)29/h1-3,5-8,11-13,17,22,25H,4,9-10,14H2,(H,26,29)(H,27,28)/b20-13+. The smallest absolute Gasteiger partial charge is 0.256 e. The average molecular weight is 401 g/mol. The Hall–Kier alpha value is -3.38. The Morgan fingerprint density at radius 3 is 2.93 bits per heavy atom. The number of hydrogen-bond acceptors (Lipinski definition) is 4. The van der Waals surface area contributed by atoms with E-state index in [-0.39, 0.29) is 23.9 Å². The van der Waals surface area contributed by atoms with Crippen LogP contribution < -0.4 is 16.0 Å². The molecule has 1 saturated heterocycles. The Kier molecular flexibility index (Phi) is 4.85. The third-order valence-corrected chi connectivity index (χ3v) is 5.73. The van der Waals surface area contributed by atoms with Crippen molar-refractivity contribution in [2.45, 2.75) is 24.9 Å². The van der Waals surface area contributed by atoms with E-state index in [0.29, 0.717) is 23.5 Å². The van der Waals surface area contributed by atoms with E-state index in [1.807, 2.05) is 54.6 Å². The summed E-state index contributed by atoms with van der Waals surface area (Å²) in [5.74, 6) is 0.518. The first-order chi connectivity index (χ1) is 14.7. The zero-order chi connectivity index (χ0) is 20.5. The summed E-state index contributed by atoms with van der Waals surface area (Å²) in [5, 5.41) is 9.18. The van der Waals surface area contributed by atoms with Gasteiger partial charge in [0.15, 0.2) is 0 Å². The lowest BCUT2D eigenvalue weighted by Gasteiger charge is -2.14. The van der Waals surface area contributed by atoms with E-state index in [4.69, 9.17) is 4.74 Å². The molecule has 6 nitrogen and oxygen atoms in total. The molecule has 0 aromatic heterocycles. The molecule has 2 aromatic carbocycles. The van der Waals surface area contributed by atoms with Crippen LogP contribution in [0.4, 0.5) is 5.69 Å². The monoisotopic (exact) mass is 401 g/mol. The largest absolute Gasteiger partial charge is 0.493 e. The van der Waals surface area contributed by atoms with Crippen LogP contribution >= 0.6 is 0 Å². The number of carbonyl (C=O) groups excluding carboxylic acids is 2. The van der Waals surface area contributed by atoms with Crippen molar-refractivity contribution in [2.24, 2.45) is 0 Å². The Balaban J connectivity index is 1.34. The van der Waals surface area contributed by atoms with E-state index in [1.165, 1.54) is 0 Å². The molecule has 6 heteroatoms. The summed E-state index contributed by atoms with van der Waals surface area (Å²) in [6, 6.07) is 15.3. The van der Waals surface area contributed by atoms with Gasteiger partial charge in [0.25, 0.3) is 11.8 Å². The molecule has 0 spiro atoms. The van der Waals surface area contributed by atoms with E-state index >= 15 is 0 Å². The normalized spacial score (nSPS) is 23.7. The molecular weight excluding hydrogens is 378 g/mol. The van der Waals surface area contributed by atoms with E-state index < -0.39 is 0 Å². The summed E-state index contributed by atoms with van der Waals surface area (Å²) in [4.78, 5) is 24.9. The van der Waals surface area contributed by atoms with Crippen LogP contribution in [0, 0.1) is 0 Å². The molecule has 0 saturated carbocycles. The molecule has 2 atom stereocenters. The molecule has 5 rings (SSSR count). The number of ether oxygens (including phenoxy) is 1. The number of para-hydroxylation sites is 1. The van der Waals surface area contributed by atoms with Gasteiger partial charge in [-0.25, -0.2) is 0 Å². The summed E-state index contributed by atoms with van der Waals surface area (Å²) in [6.07, 6.45) is 5.89. The highest BCUT2D eigenvalue weighted by molar-refractivity contribution is 6.31. The molecule has 152 valence electrons. The second kappa shape index (κ2) is 7.80. The molecule has 0 aliphatic carbocycles. The van der Waals surface area contributed by atoms with Gasteiger partial charge in [-0.1, -0.05) is 30.3 Å². The first-order valence-corrected chi connectivity index (χ1v) is 10.3. The zero-order valence-corrected chi connectivity index (χ0v) is 16.5. The van der Waals surface area contributed by atoms with Crippen LogP contribution in [0.3, 0.4) is 0 Å².